The van der Waals surface area contributed by atoms with Gasteiger partial charge in [-0.15, -0.1) is 0 Å². The van der Waals surface area contributed by atoms with E-state index in [0.29, 0.717) is 12.2 Å². The van der Waals surface area contributed by atoms with Crippen molar-refractivity contribution in [2.75, 3.05) is 13.7 Å². The zero-order chi connectivity index (χ0) is 22.9. The summed E-state index contributed by atoms with van der Waals surface area (Å²) in [6, 6.07) is 12.8. The lowest BCUT2D eigenvalue weighted by molar-refractivity contribution is -0.143. The second-order valence-electron chi connectivity index (χ2n) is 8.00. The van der Waals surface area contributed by atoms with Crippen LogP contribution in [-0.2, 0) is 16.1 Å². The van der Waals surface area contributed by atoms with Gasteiger partial charge in [-0.05, 0) is 49.1 Å². The smallest absolute Gasteiger partial charge is 0.261 e. The molecule has 1 unspecified atom stereocenters. The van der Waals surface area contributed by atoms with Gasteiger partial charge in [-0.3, -0.25) is 9.59 Å². The van der Waals surface area contributed by atoms with E-state index < -0.39 is 11.9 Å². The summed E-state index contributed by atoms with van der Waals surface area (Å²) in [5, 5.41) is 3.10. The van der Waals surface area contributed by atoms with Crippen molar-refractivity contribution in [1.29, 1.82) is 0 Å². The summed E-state index contributed by atoms with van der Waals surface area (Å²) in [6.07, 6.45) is 4.59. The van der Waals surface area contributed by atoms with Gasteiger partial charge in [0.2, 0.25) is 5.91 Å². The van der Waals surface area contributed by atoms with E-state index in [4.69, 9.17) is 9.47 Å². The van der Waals surface area contributed by atoms with E-state index in [1.54, 1.807) is 19.2 Å². The number of nitrogens with one attached hydrogen (secondary N) is 1. The molecule has 3 rings (SSSR count). The number of para-hydroxylation sites is 1. The lowest BCUT2D eigenvalue weighted by atomic mass is 10.1. The predicted octanol–water partition coefficient (Wildman–Crippen LogP) is 4.08. The Bertz CT molecular complexity index is 897. The predicted molar refractivity (Wildman–Crippen MR) is 120 cm³/mol. The summed E-state index contributed by atoms with van der Waals surface area (Å²) in [5.41, 5.74) is 0.858. The van der Waals surface area contributed by atoms with Gasteiger partial charge in [0.05, 0.1) is 7.11 Å². The number of rotatable bonds is 10. The Morgan fingerprint density at radius 1 is 1.12 bits per heavy atom. The lowest BCUT2D eigenvalue weighted by Crippen LogP contribution is -2.52. The summed E-state index contributed by atoms with van der Waals surface area (Å²) in [6.45, 7) is 1.76. The summed E-state index contributed by atoms with van der Waals surface area (Å²) in [4.78, 5) is 27.8. The molecule has 1 fully saturated rings. The van der Waals surface area contributed by atoms with Crippen LogP contribution in [0.4, 0.5) is 4.39 Å². The fourth-order valence-corrected chi connectivity index (χ4v) is 4.00. The average molecular weight is 443 g/mol. The maximum absolute atomic E-state index is 13.9. The van der Waals surface area contributed by atoms with E-state index in [0.717, 1.165) is 31.2 Å². The molecule has 2 aromatic rings. The van der Waals surface area contributed by atoms with Gasteiger partial charge in [0, 0.05) is 12.6 Å². The van der Waals surface area contributed by atoms with E-state index in [1.165, 1.54) is 17.0 Å². The topological polar surface area (TPSA) is 67.9 Å². The van der Waals surface area contributed by atoms with Crippen LogP contribution in [0.1, 0.15) is 44.6 Å². The molecule has 0 aliphatic heterocycles. The van der Waals surface area contributed by atoms with E-state index in [9.17, 15) is 14.0 Å². The number of hydrogen-bond donors (Lipinski definition) is 1. The van der Waals surface area contributed by atoms with Crippen molar-refractivity contribution in [1.82, 2.24) is 10.2 Å². The quantitative estimate of drug-likeness (QED) is 0.602. The van der Waals surface area contributed by atoms with Crippen LogP contribution in [0.25, 0.3) is 0 Å². The van der Waals surface area contributed by atoms with Gasteiger partial charge in [-0.1, -0.05) is 44.0 Å². The second kappa shape index (κ2) is 11.5. The molecule has 32 heavy (non-hydrogen) atoms. The lowest BCUT2D eigenvalue weighted by Gasteiger charge is -2.31. The van der Waals surface area contributed by atoms with Crippen molar-refractivity contribution in [2.45, 2.75) is 57.7 Å². The minimum absolute atomic E-state index is 0.00806. The molecule has 1 saturated carbocycles. The molecule has 1 N–H and O–H groups in total. The molecule has 0 radical (unpaired) electrons. The Kier molecular flexibility index (Phi) is 8.48. The van der Waals surface area contributed by atoms with E-state index >= 15 is 0 Å². The Balaban J connectivity index is 1.76. The summed E-state index contributed by atoms with van der Waals surface area (Å²) < 4.78 is 24.6. The molecule has 0 spiro atoms. The molecule has 1 aliphatic carbocycles. The number of halogens is 1. The molecule has 7 heteroatoms. The molecular formula is C25H31FN2O4. The molecule has 0 heterocycles. The monoisotopic (exact) mass is 442 g/mol. The van der Waals surface area contributed by atoms with Crippen molar-refractivity contribution in [3.63, 3.8) is 0 Å². The van der Waals surface area contributed by atoms with Crippen molar-refractivity contribution < 1.29 is 23.5 Å². The molecule has 2 aromatic carbocycles. The van der Waals surface area contributed by atoms with Crippen LogP contribution >= 0.6 is 0 Å². The van der Waals surface area contributed by atoms with E-state index in [2.05, 4.69) is 5.32 Å². The largest absolute Gasteiger partial charge is 0.497 e. The average Bonchev–Trinajstić information content (AvgIpc) is 3.31. The van der Waals surface area contributed by atoms with Crippen LogP contribution in [0.15, 0.2) is 48.5 Å². The van der Waals surface area contributed by atoms with Gasteiger partial charge in [0.25, 0.3) is 5.91 Å². The minimum atomic E-state index is -0.644. The molecule has 2 amide bonds. The number of ether oxygens (including phenoxy) is 2. The third kappa shape index (κ3) is 6.22. The molecule has 172 valence electrons. The van der Waals surface area contributed by atoms with Gasteiger partial charge in [0.1, 0.15) is 11.8 Å². The Morgan fingerprint density at radius 3 is 2.44 bits per heavy atom. The van der Waals surface area contributed by atoms with Crippen LogP contribution in [0.2, 0.25) is 0 Å². The van der Waals surface area contributed by atoms with Gasteiger partial charge in [-0.25, -0.2) is 4.39 Å². The molecule has 0 bridgehead atoms. The van der Waals surface area contributed by atoms with Crippen molar-refractivity contribution in [2.24, 2.45) is 0 Å². The highest BCUT2D eigenvalue weighted by atomic mass is 19.1. The van der Waals surface area contributed by atoms with Crippen LogP contribution in [0.5, 0.6) is 11.5 Å². The van der Waals surface area contributed by atoms with Gasteiger partial charge < -0.3 is 19.7 Å². The summed E-state index contributed by atoms with van der Waals surface area (Å²) >= 11 is 0. The highest BCUT2D eigenvalue weighted by Crippen LogP contribution is 2.21. The normalized spacial score (nSPS) is 14.6. The fraction of sp³-hybridized carbons (Fsp3) is 0.440. The highest BCUT2D eigenvalue weighted by Gasteiger charge is 2.31. The Morgan fingerprint density at radius 2 is 1.81 bits per heavy atom. The van der Waals surface area contributed by atoms with Crippen LogP contribution < -0.4 is 14.8 Å². The van der Waals surface area contributed by atoms with Crippen LogP contribution in [0.3, 0.4) is 0 Å². The number of hydrogen-bond acceptors (Lipinski definition) is 4. The Labute approximate surface area is 188 Å². The first-order valence-corrected chi connectivity index (χ1v) is 11.1. The maximum atomic E-state index is 13.9. The van der Waals surface area contributed by atoms with Crippen molar-refractivity contribution in [3.8, 4) is 11.5 Å². The molecule has 1 atom stereocenters. The molecular weight excluding hydrogens is 411 g/mol. The molecule has 1 aliphatic rings. The van der Waals surface area contributed by atoms with Crippen molar-refractivity contribution >= 4 is 11.8 Å². The number of carbonyl (C=O) groups is 2. The highest BCUT2D eigenvalue weighted by molar-refractivity contribution is 5.88. The number of methoxy groups -OCH3 is 1. The fourth-order valence-electron chi connectivity index (χ4n) is 4.00. The zero-order valence-corrected chi connectivity index (χ0v) is 18.7. The number of amides is 2. The summed E-state index contributed by atoms with van der Waals surface area (Å²) in [5.74, 6) is -0.355. The maximum Gasteiger partial charge on any atom is 0.261 e. The number of nitrogens with zero attached hydrogens (tertiary/aromatic N) is 1. The molecule has 0 saturated heterocycles. The van der Waals surface area contributed by atoms with Crippen LogP contribution in [0, 0.1) is 5.82 Å². The molecule has 0 aromatic heterocycles. The first-order valence-electron chi connectivity index (χ1n) is 11.1. The van der Waals surface area contributed by atoms with Gasteiger partial charge >= 0.3 is 0 Å². The summed E-state index contributed by atoms with van der Waals surface area (Å²) in [7, 11) is 1.59. The SMILES string of the molecule is CCC(C(=O)NC1CCCC1)N(Cc1ccc(OC)cc1)C(=O)COc1ccccc1F. The minimum Gasteiger partial charge on any atom is -0.497 e. The van der Waals surface area contributed by atoms with Gasteiger partial charge in [-0.2, -0.15) is 0 Å². The van der Waals surface area contributed by atoms with Crippen LogP contribution in [-0.4, -0.2) is 42.5 Å². The first-order chi connectivity index (χ1) is 15.5. The second-order valence-corrected chi connectivity index (χ2v) is 8.00. The standard InChI is InChI=1S/C25H31FN2O4/c1-3-22(25(30)27-19-8-4-5-9-19)28(16-18-12-14-20(31-2)15-13-18)24(29)17-32-23-11-7-6-10-21(23)26/h6-7,10-15,19,22H,3-5,8-9,16-17H2,1-2H3,(H,27,30). The van der Waals surface area contributed by atoms with E-state index in [-0.39, 0.29) is 36.8 Å². The Hall–Kier alpha value is -3.09. The zero-order valence-electron chi connectivity index (χ0n) is 18.7. The third-order valence-electron chi connectivity index (χ3n) is 5.79. The van der Waals surface area contributed by atoms with E-state index in [1.807, 2.05) is 31.2 Å². The number of benzene rings is 2. The van der Waals surface area contributed by atoms with Gasteiger partial charge in [0.15, 0.2) is 18.2 Å². The first kappa shape index (κ1) is 23.6. The van der Waals surface area contributed by atoms with Crippen molar-refractivity contribution in [3.05, 3.63) is 59.9 Å². The molecule has 6 nitrogen and oxygen atoms in total. The number of carbonyl (C=O) groups excluding carboxylic acids is 2. The third-order valence-corrected chi connectivity index (χ3v) is 5.79.